The van der Waals surface area contributed by atoms with Crippen LogP contribution in [0.3, 0.4) is 0 Å². The van der Waals surface area contributed by atoms with Gasteiger partial charge in [0.2, 0.25) is 15.9 Å². The lowest BCUT2D eigenvalue weighted by molar-refractivity contribution is -0.115. The second-order valence-corrected chi connectivity index (χ2v) is 8.43. The van der Waals surface area contributed by atoms with E-state index in [-0.39, 0.29) is 27.9 Å². The molecule has 0 atom stereocenters. The van der Waals surface area contributed by atoms with Crippen LogP contribution in [0.5, 0.6) is 0 Å². The molecule has 0 spiro atoms. The third-order valence-corrected chi connectivity index (χ3v) is 6.71. The smallest absolute Gasteiger partial charge is 0.243 e. The van der Waals surface area contributed by atoms with E-state index >= 15 is 0 Å². The van der Waals surface area contributed by atoms with E-state index in [2.05, 4.69) is 10.5 Å². The van der Waals surface area contributed by atoms with Crippen LogP contribution in [-0.4, -0.2) is 36.9 Å². The largest absolute Gasteiger partial charge is 0.356 e. The van der Waals surface area contributed by atoms with E-state index in [9.17, 15) is 13.2 Å². The highest BCUT2D eigenvalue weighted by atomic mass is 35.5. The van der Waals surface area contributed by atoms with Gasteiger partial charge < -0.3 is 9.84 Å². The van der Waals surface area contributed by atoms with Crippen molar-refractivity contribution in [2.45, 2.75) is 25.2 Å². The molecule has 0 saturated heterocycles. The van der Waals surface area contributed by atoms with Gasteiger partial charge in [0.25, 0.3) is 0 Å². The lowest BCUT2D eigenvalue weighted by atomic mass is 10.1. The van der Waals surface area contributed by atoms with Crippen LogP contribution in [-0.2, 0) is 21.2 Å². The van der Waals surface area contributed by atoms with Crippen LogP contribution < -0.4 is 5.32 Å². The minimum Gasteiger partial charge on any atom is -0.356 e. The van der Waals surface area contributed by atoms with Gasteiger partial charge in [-0.15, -0.1) is 0 Å². The average molecular weight is 422 g/mol. The highest BCUT2D eigenvalue weighted by Crippen LogP contribution is 2.27. The van der Waals surface area contributed by atoms with Gasteiger partial charge in [0.15, 0.2) is 5.58 Å². The number of fused-ring (bicyclic) bond motifs is 1. The molecular formula is C19H20ClN3O4S. The Morgan fingerprint density at radius 3 is 2.61 bits per heavy atom. The van der Waals surface area contributed by atoms with Crippen LogP contribution in [0.1, 0.15) is 19.5 Å². The molecule has 0 bridgehead atoms. The first-order valence-electron chi connectivity index (χ1n) is 8.79. The van der Waals surface area contributed by atoms with Crippen molar-refractivity contribution in [2.24, 2.45) is 0 Å². The Hall–Kier alpha value is -2.42. The number of hydrogen-bond acceptors (Lipinski definition) is 5. The summed E-state index contributed by atoms with van der Waals surface area (Å²) in [6, 6.07) is 11.5. The molecule has 3 aromatic rings. The zero-order valence-corrected chi connectivity index (χ0v) is 17.0. The molecule has 1 heterocycles. The number of anilines is 1. The number of benzene rings is 2. The number of amides is 1. The van der Waals surface area contributed by atoms with Crippen LogP contribution in [0, 0.1) is 0 Å². The summed E-state index contributed by atoms with van der Waals surface area (Å²) in [6.07, 6.45) is -0.0274. The maximum atomic E-state index is 12.7. The highest BCUT2D eigenvalue weighted by Gasteiger charge is 2.23. The van der Waals surface area contributed by atoms with Gasteiger partial charge >= 0.3 is 0 Å². The number of para-hydroxylation sites is 1. The number of rotatable bonds is 7. The molecule has 1 amide bonds. The van der Waals surface area contributed by atoms with Crippen LogP contribution in [0.25, 0.3) is 11.0 Å². The standard InChI is InChI=1S/C19H20ClN3O4S/c1-3-23(4-2)28(25,26)13-9-10-15(20)17(11-13)21-19(24)12-16-14-7-5-6-8-18(14)27-22-16/h5-11H,3-4,12H2,1-2H3,(H,21,24). The van der Waals surface area contributed by atoms with E-state index in [0.717, 1.165) is 5.39 Å². The number of nitrogens with one attached hydrogen (secondary N) is 1. The molecule has 0 aliphatic carbocycles. The molecule has 2 aromatic carbocycles. The minimum atomic E-state index is -3.66. The molecule has 0 radical (unpaired) electrons. The predicted molar refractivity (Wildman–Crippen MR) is 108 cm³/mol. The number of carbonyl (C=O) groups excluding carboxylic acids is 1. The van der Waals surface area contributed by atoms with Crippen LogP contribution in [0.2, 0.25) is 5.02 Å². The molecule has 0 aliphatic heterocycles. The summed E-state index contributed by atoms with van der Waals surface area (Å²) in [5, 5.41) is 7.59. The maximum absolute atomic E-state index is 12.7. The van der Waals surface area contributed by atoms with Crippen LogP contribution in [0.15, 0.2) is 51.9 Å². The fourth-order valence-electron chi connectivity index (χ4n) is 2.89. The Morgan fingerprint density at radius 1 is 1.18 bits per heavy atom. The van der Waals surface area contributed by atoms with E-state index in [0.29, 0.717) is 24.4 Å². The van der Waals surface area contributed by atoms with Crippen LogP contribution >= 0.6 is 11.6 Å². The monoisotopic (exact) mass is 421 g/mol. The summed E-state index contributed by atoms with van der Waals surface area (Å²) in [4.78, 5) is 12.5. The highest BCUT2D eigenvalue weighted by molar-refractivity contribution is 7.89. The van der Waals surface area contributed by atoms with Gasteiger partial charge in [-0.3, -0.25) is 4.79 Å². The van der Waals surface area contributed by atoms with Crippen molar-refractivity contribution in [3.05, 3.63) is 53.2 Å². The minimum absolute atomic E-state index is 0.0274. The van der Waals surface area contributed by atoms with E-state index in [4.69, 9.17) is 16.1 Å². The molecule has 148 valence electrons. The Kier molecular flexibility index (Phi) is 6.02. The second-order valence-electron chi connectivity index (χ2n) is 6.08. The number of halogens is 1. The van der Waals surface area contributed by atoms with Crippen LogP contribution in [0.4, 0.5) is 5.69 Å². The SMILES string of the molecule is CCN(CC)S(=O)(=O)c1ccc(Cl)c(NC(=O)Cc2noc3ccccc23)c1. The molecule has 0 aliphatic rings. The summed E-state index contributed by atoms with van der Waals surface area (Å²) < 4.78 is 31.9. The number of carbonyl (C=O) groups is 1. The number of sulfonamides is 1. The quantitative estimate of drug-likeness (QED) is 0.628. The Balaban J connectivity index is 1.83. The Labute approximate surface area is 168 Å². The molecule has 3 rings (SSSR count). The molecule has 0 saturated carbocycles. The van der Waals surface area contributed by atoms with Gasteiger partial charge in [0.05, 0.1) is 22.0 Å². The Bertz CT molecular complexity index is 1110. The molecule has 1 aromatic heterocycles. The van der Waals surface area contributed by atoms with Gasteiger partial charge in [-0.05, 0) is 30.3 Å². The van der Waals surface area contributed by atoms with E-state index in [1.54, 1.807) is 19.9 Å². The molecule has 0 fully saturated rings. The first-order chi connectivity index (χ1) is 13.4. The summed E-state index contributed by atoms with van der Waals surface area (Å²) in [5.74, 6) is -0.377. The van der Waals surface area contributed by atoms with E-state index in [1.165, 1.54) is 22.5 Å². The number of aromatic nitrogens is 1. The van der Waals surface area contributed by atoms with Crippen molar-refractivity contribution >= 4 is 44.2 Å². The Morgan fingerprint density at radius 2 is 1.89 bits per heavy atom. The van der Waals surface area contributed by atoms with Crippen molar-refractivity contribution in [2.75, 3.05) is 18.4 Å². The zero-order chi connectivity index (χ0) is 20.3. The molecule has 1 N–H and O–H groups in total. The molecule has 28 heavy (non-hydrogen) atoms. The van der Waals surface area contributed by atoms with Gasteiger partial charge in [-0.25, -0.2) is 8.42 Å². The molecule has 9 heteroatoms. The third kappa shape index (κ3) is 4.04. The van der Waals surface area contributed by atoms with Crippen molar-refractivity contribution < 1.29 is 17.7 Å². The fourth-order valence-corrected chi connectivity index (χ4v) is 4.53. The van der Waals surface area contributed by atoms with E-state index in [1.807, 2.05) is 18.2 Å². The summed E-state index contributed by atoms with van der Waals surface area (Å²) >= 11 is 6.16. The summed E-state index contributed by atoms with van der Waals surface area (Å²) in [5.41, 5.74) is 1.32. The zero-order valence-electron chi connectivity index (χ0n) is 15.5. The van der Waals surface area contributed by atoms with Crippen molar-refractivity contribution in [3.8, 4) is 0 Å². The van der Waals surface area contributed by atoms with Gasteiger partial charge in [0, 0.05) is 18.5 Å². The maximum Gasteiger partial charge on any atom is 0.243 e. The molecular weight excluding hydrogens is 402 g/mol. The summed E-state index contributed by atoms with van der Waals surface area (Å²) in [6.45, 7) is 4.23. The lowest BCUT2D eigenvalue weighted by Gasteiger charge is -2.19. The van der Waals surface area contributed by atoms with E-state index < -0.39 is 10.0 Å². The molecule has 7 nitrogen and oxygen atoms in total. The number of hydrogen-bond donors (Lipinski definition) is 1. The molecule has 0 unspecified atom stereocenters. The average Bonchev–Trinajstić information content (AvgIpc) is 3.07. The summed E-state index contributed by atoms with van der Waals surface area (Å²) in [7, 11) is -3.66. The van der Waals surface area contributed by atoms with Crippen molar-refractivity contribution in [1.29, 1.82) is 0 Å². The van der Waals surface area contributed by atoms with Gasteiger partial charge in [0.1, 0.15) is 5.69 Å². The normalized spacial score (nSPS) is 11.9. The topological polar surface area (TPSA) is 92.5 Å². The number of nitrogens with zero attached hydrogens (tertiary/aromatic N) is 2. The van der Waals surface area contributed by atoms with Crippen molar-refractivity contribution in [3.63, 3.8) is 0 Å². The predicted octanol–water partition coefficient (Wildman–Crippen LogP) is 3.69. The second kappa shape index (κ2) is 8.30. The van der Waals surface area contributed by atoms with Gasteiger partial charge in [-0.1, -0.05) is 42.7 Å². The first kappa shape index (κ1) is 20.3. The lowest BCUT2D eigenvalue weighted by Crippen LogP contribution is -2.30. The third-order valence-electron chi connectivity index (χ3n) is 4.34. The van der Waals surface area contributed by atoms with Crippen molar-refractivity contribution in [1.82, 2.24) is 9.46 Å². The van der Waals surface area contributed by atoms with Gasteiger partial charge in [-0.2, -0.15) is 4.31 Å². The first-order valence-corrected chi connectivity index (χ1v) is 10.6. The fraction of sp³-hybridized carbons (Fsp3) is 0.263.